The molecule has 0 saturated carbocycles. The molecule has 0 unspecified atom stereocenters. The van der Waals surface area contributed by atoms with Gasteiger partial charge in [0.25, 0.3) is 0 Å². The Morgan fingerprint density at radius 2 is 1.22 bits per heavy atom. The van der Waals surface area contributed by atoms with E-state index in [0.29, 0.717) is 10.6 Å². The van der Waals surface area contributed by atoms with E-state index in [1.165, 1.54) is 16.4 Å². The molecule has 0 bridgehead atoms. The van der Waals surface area contributed by atoms with Crippen molar-refractivity contribution in [1.29, 1.82) is 0 Å². The van der Waals surface area contributed by atoms with Crippen LogP contribution in [0.3, 0.4) is 0 Å². The van der Waals surface area contributed by atoms with Crippen molar-refractivity contribution in [2.45, 2.75) is 12.3 Å². The van der Waals surface area contributed by atoms with Crippen molar-refractivity contribution in [3.8, 4) is 16.9 Å². The number of nitrogens with zero attached hydrogens (tertiary/aromatic N) is 1. The van der Waals surface area contributed by atoms with Crippen LogP contribution in [0, 0.1) is 0 Å². The zero-order valence-corrected chi connectivity index (χ0v) is 27.6. The molecule has 0 saturated heterocycles. The van der Waals surface area contributed by atoms with E-state index in [9.17, 15) is 5.11 Å². The van der Waals surface area contributed by atoms with Crippen LogP contribution >= 0.6 is 47.4 Å². The molecule has 0 atom stereocenters. The Morgan fingerprint density at radius 3 is 1.78 bits per heavy atom. The van der Waals surface area contributed by atoms with E-state index in [1.54, 1.807) is 6.21 Å². The molecule has 0 radical (unpaired) electrons. The van der Waals surface area contributed by atoms with Crippen molar-refractivity contribution < 1.29 is 19.8 Å². The van der Waals surface area contributed by atoms with E-state index < -0.39 is 22.6 Å². The van der Waals surface area contributed by atoms with Gasteiger partial charge in [0, 0.05) is 36.4 Å². The van der Waals surface area contributed by atoms with E-state index in [0.717, 1.165) is 29.1 Å². The molecule has 0 fully saturated rings. The van der Waals surface area contributed by atoms with Crippen molar-refractivity contribution in [2.24, 2.45) is 4.99 Å². The normalized spacial score (nSPS) is 10.9. The standard InChI is InChI=1S/C33H27ClNOP.3ClH.Ti/c34-29-19-20-31(35-22-28-17-10-18-30(33(28)36)27-15-8-3-9-16-27)32(21-29)37(23-25-11-4-1-5-12-25)24-26-13-6-2-7-14-26;;;;/h1-22,36H,23-24H2;3*1H;/q;;;;+3/p-2. The topological polar surface area (TPSA) is 32.6 Å². The molecule has 207 valence electrons. The average Bonchev–Trinajstić information content (AvgIpc) is 2.98. The zero-order chi connectivity index (χ0) is 29.0. The Morgan fingerprint density at radius 1 is 0.683 bits per heavy atom. The number of phenolic OH excluding ortho intramolecular Hbond substituents is 1. The fourth-order valence-electron chi connectivity index (χ4n) is 4.50. The molecule has 5 rings (SSSR count). The number of halogens is 4. The molecule has 0 aliphatic heterocycles. The Balaban J connectivity index is 0.000000909. The quantitative estimate of drug-likeness (QED) is 0.0992. The molecule has 5 aromatic carbocycles. The summed E-state index contributed by atoms with van der Waals surface area (Å²) in [5.74, 6) is 0.229. The summed E-state index contributed by atoms with van der Waals surface area (Å²) in [6.45, 7) is 0. The summed E-state index contributed by atoms with van der Waals surface area (Å²) in [5.41, 5.74) is 5.97. The van der Waals surface area contributed by atoms with Gasteiger partial charge in [-0.1, -0.05) is 115 Å². The van der Waals surface area contributed by atoms with Gasteiger partial charge < -0.3 is 5.11 Å². The monoisotopic (exact) mass is 673 g/mol. The molecule has 0 spiro atoms. The minimum absolute atomic E-state index is 0.229. The van der Waals surface area contributed by atoms with Gasteiger partial charge in [-0.15, -0.1) is 0 Å². The van der Waals surface area contributed by atoms with Crippen molar-refractivity contribution in [2.75, 3.05) is 0 Å². The summed E-state index contributed by atoms with van der Waals surface area (Å²) >= 11 is 4.61. The second-order valence-corrected chi connectivity index (χ2v) is 19.8. The molecular formula is C33H28Cl4NOPTi+. The summed E-state index contributed by atoms with van der Waals surface area (Å²) in [4.78, 5) is 4.90. The van der Waals surface area contributed by atoms with Crippen molar-refractivity contribution in [1.82, 2.24) is 0 Å². The number of benzene rings is 5. The second kappa shape index (κ2) is 16.5. The number of aromatic hydroxyl groups is 1. The van der Waals surface area contributed by atoms with Gasteiger partial charge in [-0.2, -0.15) is 0 Å². The summed E-state index contributed by atoms with van der Waals surface area (Å²) < 4.78 is 0. The van der Waals surface area contributed by atoms with Gasteiger partial charge in [-0.05, 0) is 34.9 Å². The van der Waals surface area contributed by atoms with Crippen LogP contribution in [0.5, 0.6) is 5.75 Å². The number of aliphatic imine (C=N–C) groups is 1. The predicted molar refractivity (Wildman–Crippen MR) is 178 cm³/mol. The summed E-state index contributed by atoms with van der Waals surface area (Å²) in [6.07, 6.45) is 3.70. The fraction of sp³-hybridized carbons (Fsp3) is 0.0606. The van der Waals surface area contributed by atoms with Gasteiger partial charge in [0.05, 0.1) is 12.3 Å². The first kappa shape index (κ1) is 31.8. The number of hydrogen-bond donors (Lipinski definition) is 1. The van der Waals surface area contributed by atoms with E-state index in [-0.39, 0.29) is 5.75 Å². The Labute approximate surface area is 265 Å². The Kier molecular flexibility index (Phi) is 12.8. The maximum absolute atomic E-state index is 11.0. The first-order chi connectivity index (χ1) is 19.9. The molecule has 0 aliphatic rings. The van der Waals surface area contributed by atoms with Gasteiger partial charge >= 0.3 is 42.6 Å². The minimum atomic E-state index is -1.92. The van der Waals surface area contributed by atoms with Crippen LogP contribution in [0.1, 0.15) is 16.7 Å². The van der Waals surface area contributed by atoms with Crippen molar-refractivity contribution in [3.63, 3.8) is 0 Å². The first-order valence-electron chi connectivity index (χ1n) is 12.9. The third-order valence-corrected chi connectivity index (χ3v) is 9.42. The van der Waals surface area contributed by atoms with Gasteiger partial charge in [0.1, 0.15) is 16.7 Å². The molecule has 2 nitrogen and oxygen atoms in total. The van der Waals surface area contributed by atoms with Crippen LogP contribution in [0.2, 0.25) is 5.02 Å². The molecule has 0 aliphatic carbocycles. The van der Waals surface area contributed by atoms with Gasteiger partial charge in [-0.3, -0.25) is 4.99 Å². The molecule has 0 aromatic heterocycles. The van der Waals surface area contributed by atoms with Crippen LogP contribution in [-0.4, -0.2) is 11.3 Å². The van der Waals surface area contributed by atoms with E-state index in [1.807, 2.05) is 60.7 Å². The molecule has 0 amide bonds. The first-order valence-corrected chi connectivity index (χ1v) is 21.6. The van der Waals surface area contributed by atoms with Crippen molar-refractivity contribution in [3.05, 3.63) is 149 Å². The van der Waals surface area contributed by atoms with E-state index in [2.05, 4.69) is 66.7 Å². The van der Waals surface area contributed by atoms with Crippen LogP contribution < -0.4 is 5.30 Å². The fourth-order valence-corrected chi connectivity index (χ4v) is 7.59. The molecule has 0 heterocycles. The molecule has 1 N–H and O–H groups in total. The van der Waals surface area contributed by atoms with Crippen LogP contribution in [0.4, 0.5) is 5.69 Å². The summed E-state index contributed by atoms with van der Waals surface area (Å²) in [5, 5.41) is 12.9. The number of rotatable bonds is 8. The van der Waals surface area contributed by atoms with Crippen LogP contribution in [-0.2, 0) is 27.0 Å². The molecule has 8 heteroatoms. The Bertz CT molecular complexity index is 1510. The van der Waals surface area contributed by atoms with Gasteiger partial charge in [0.2, 0.25) is 0 Å². The molecular weight excluding hydrogens is 647 g/mol. The van der Waals surface area contributed by atoms with E-state index >= 15 is 0 Å². The summed E-state index contributed by atoms with van der Waals surface area (Å²) in [6, 6.07) is 42.9. The van der Waals surface area contributed by atoms with Crippen LogP contribution in [0.15, 0.2) is 132 Å². The average molecular weight is 675 g/mol. The van der Waals surface area contributed by atoms with Gasteiger partial charge in [0.15, 0.2) is 0 Å². The number of phenols is 1. The van der Waals surface area contributed by atoms with Crippen molar-refractivity contribution >= 4 is 64.6 Å². The SMILES string of the molecule is Oc1c(C=Nc2ccc(Cl)cc2[PH+](Cc2ccccc2)Cc2ccccc2)cccc1-c1ccccc1.[Cl][Ti]([Cl])[Cl]. The number of hydrogen-bond acceptors (Lipinski definition) is 2. The Hall–Kier alpha value is -2.13. The maximum atomic E-state index is 11.0. The van der Waals surface area contributed by atoms with Crippen LogP contribution in [0.25, 0.3) is 11.1 Å². The van der Waals surface area contributed by atoms with Gasteiger partial charge in [-0.25, -0.2) is 0 Å². The predicted octanol–water partition coefficient (Wildman–Crippen LogP) is 10.8. The zero-order valence-electron chi connectivity index (χ0n) is 22.0. The molecule has 5 aromatic rings. The van der Waals surface area contributed by atoms with E-state index in [4.69, 9.17) is 44.5 Å². The summed E-state index contributed by atoms with van der Waals surface area (Å²) in [7, 11) is 13.8. The third kappa shape index (κ3) is 9.98. The third-order valence-electron chi connectivity index (χ3n) is 6.35. The second-order valence-electron chi connectivity index (χ2n) is 9.17. The molecule has 41 heavy (non-hydrogen) atoms. The number of para-hydroxylation sites is 1.